The van der Waals surface area contributed by atoms with Gasteiger partial charge in [0.2, 0.25) is 0 Å². The van der Waals surface area contributed by atoms with E-state index in [4.69, 9.17) is 0 Å². The molecule has 1 atom stereocenters. The summed E-state index contributed by atoms with van der Waals surface area (Å²) in [6, 6.07) is 28.4. The maximum Gasteiger partial charge on any atom is 0.300 e. The van der Waals surface area contributed by atoms with Crippen molar-refractivity contribution in [1.29, 1.82) is 0 Å². The molecule has 1 N–H and O–H groups in total. The molecule has 1 aliphatic rings. The molecule has 5 rings (SSSR count). The van der Waals surface area contributed by atoms with Crippen LogP contribution in [0, 0.1) is 0 Å². The van der Waals surface area contributed by atoms with Crippen LogP contribution in [0.1, 0.15) is 55.0 Å². The molecule has 1 saturated heterocycles. The molecule has 4 aromatic rings. The molecule has 0 aliphatic carbocycles. The van der Waals surface area contributed by atoms with Gasteiger partial charge in [-0.05, 0) is 58.9 Å². The number of aliphatic hydroxyl groups is 1. The molecule has 0 aromatic heterocycles. The van der Waals surface area contributed by atoms with Gasteiger partial charge in [-0.15, -0.1) is 0 Å². The number of carbonyl (C=O) groups excluding carboxylic acids is 2. The molecule has 4 heteroatoms. The van der Waals surface area contributed by atoms with E-state index in [1.165, 1.54) is 10.5 Å². The Hall–Kier alpha value is -4.18. The summed E-state index contributed by atoms with van der Waals surface area (Å²) in [7, 11) is 0. The van der Waals surface area contributed by atoms with Crippen molar-refractivity contribution in [3.63, 3.8) is 0 Å². The Morgan fingerprint density at radius 2 is 1.49 bits per heavy atom. The fourth-order valence-corrected chi connectivity index (χ4v) is 5.13. The summed E-state index contributed by atoms with van der Waals surface area (Å²) in [4.78, 5) is 28.6. The van der Waals surface area contributed by atoms with Gasteiger partial charge in [0, 0.05) is 11.3 Å². The number of nitrogens with zero attached hydrogens (tertiary/aromatic N) is 1. The van der Waals surface area contributed by atoms with Gasteiger partial charge in [-0.25, -0.2) is 0 Å². The molecule has 1 amide bonds. The van der Waals surface area contributed by atoms with Crippen LogP contribution >= 0.6 is 0 Å². The number of Topliss-reactive ketones (excluding diaryl/α,β-unsaturated/α-hetero) is 1. The summed E-state index contributed by atoms with van der Waals surface area (Å²) in [6.07, 6.45) is 4.06. The second-order valence-electron chi connectivity index (χ2n) is 9.56. The van der Waals surface area contributed by atoms with Gasteiger partial charge in [0.05, 0.1) is 11.6 Å². The number of unbranched alkanes of at least 4 members (excludes halogenated alkanes) is 1. The number of fused-ring (bicyclic) bond motifs is 1. The molecule has 1 unspecified atom stereocenters. The number of anilines is 1. The van der Waals surface area contributed by atoms with Crippen molar-refractivity contribution in [3.05, 3.63) is 119 Å². The van der Waals surface area contributed by atoms with Crippen molar-refractivity contribution >= 4 is 33.9 Å². The zero-order valence-corrected chi connectivity index (χ0v) is 21.3. The number of hydrogen-bond acceptors (Lipinski definition) is 3. The summed E-state index contributed by atoms with van der Waals surface area (Å²) in [6.45, 7) is 4.25. The van der Waals surface area contributed by atoms with Gasteiger partial charge >= 0.3 is 0 Å². The number of rotatable bonds is 7. The average Bonchev–Trinajstić information content (AvgIpc) is 3.21. The number of hydrogen-bond donors (Lipinski definition) is 1. The molecule has 0 bridgehead atoms. The zero-order chi connectivity index (χ0) is 25.9. The maximum absolute atomic E-state index is 13.5. The van der Waals surface area contributed by atoms with E-state index in [1.54, 1.807) is 6.07 Å². The van der Waals surface area contributed by atoms with Crippen LogP contribution in [-0.4, -0.2) is 16.8 Å². The average molecular weight is 490 g/mol. The Morgan fingerprint density at radius 1 is 0.811 bits per heavy atom. The summed E-state index contributed by atoms with van der Waals surface area (Å²) < 4.78 is 0. The topological polar surface area (TPSA) is 57.6 Å². The first-order valence-corrected chi connectivity index (χ1v) is 13.0. The molecule has 1 aliphatic heterocycles. The Balaban J connectivity index is 1.68. The first-order chi connectivity index (χ1) is 18.0. The lowest BCUT2D eigenvalue weighted by Gasteiger charge is -2.26. The van der Waals surface area contributed by atoms with E-state index in [1.807, 2.05) is 84.9 Å². The molecule has 37 heavy (non-hydrogen) atoms. The third-order valence-corrected chi connectivity index (χ3v) is 7.23. The number of aryl methyl sites for hydroxylation is 2. The predicted molar refractivity (Wildman–Crippen MR) is 150 cm³/mol. The normalized spacial score (nSPS) is 17.0. The monoisotopic (exact) mass is 489 g/mol. The second kappa shape index (κ2) is 10.4. The van der Waals surface area contributed by atoms with Crippen molar-refractivity contribution in [1.82, 2.24) is 0 Å². The van der Waals surface area contributed by atoms with Crippen LogP contribution in [0.5, 0.6) is 0 Å². The largest absolute Gasteiger partial charge is 0.507 e. The van der Waals surface area contributed by atoms with Crippen molar-refractivity contribution in [3.8, 4) is 0 Å². The predicted octanol–water partition coefficient (Wildman–Crippen LogP) is 7.37. The highest BCUT2D eigenvalue weighted by Crippen LogP contribution is 2.43. The molecular formula is C33H31NO3. The van der Waals surface area contributed by atoms with Crippen molar-refractivity contribution in [2.24, 2.45) is 0 Å². The SMILES string of the molecule is CCCCc1ccc(N2C(=O)C(=O)/C(=C(\O)c3cccc4ccccc34)C2c2ccc(CC)cc2)cc1. The number of ketones is 1. The molecular weight excluding hydrogens is 458 g/mol. The van der Waals surface area contributed by atoms with Crippen LogP contribution in [0.15, 0.2) is 96.6 Å². The van der Waals surface area contributed by atoms with E-state index in [0.29, 0.717) is 11.3 Å². The van der Waals surface area contributed by atoms with E-state index in [0.717, 1.165) is 47.6 Å². The van der Waals surface area contributed by atoms with E-state index in [9.17, 15) is 14.7 Å². The summed E-state index contributed by atoms with van der Waals surface area (Å²) in [5.41, 5.74) is 4.44. The highest BCUT2D eigenvalue weighted by molar-refractivity contribution is 6.51. The second-order valence-corrected chi connectivity index (χ2v) is 9.56. The molecule has 186 valence electrons. The van der Waals surface area contributed by atoms with Crippen molar-refractivity contribution in [2.75, 3.05) is 4.90 Å². The standard InChI is InChI=1S/C33H31NO3/c1-3-5-9-23-16-20-26(21-17-23)34-30(25-18-14-22(4-2)15-19-25)29(32(36)33(34)37)31(35)28-13-8-11-24-10-6-7-12-27(24)28/h6-8,10-21,30,35H,3-5,9H2,1-2H3/b31-29-. The minimum absolute atomic E-state index is 0.112. The van der Waals surface area contributed by atoms with E-state index < -0.39 is 17.7 Å². The fraction of sp³-hybridized carbons (Fsp3) is 0.212. The van der Waals surface area contributed by atoms with E-state index in [2.05, 4.69) is 13.8 Å². The smallest absolute Gasteiger partial charge is 0.300 e. The molecule has 0 radical (unpaired) electrons. The first-order valence-electron chi connectivity index (χ1n) is 13.0. The Labute approximate surface area is 217 Å². The number of carbonyl (C=O) groups is 2. The third kappa shape index (κ3) is 4.55. The highest BCUT2D eigenvalue weighted by atomic mass is 16.3. The van der Waals surface area contributed by atoms with Crippen LogP contribution in [0.2, 0.25) is 0 Å². The summed E-state index contributed by atoms with van der Waals surface area (Å²) in [5, 5.41) is 13.4. The van der Waals surface area contributed by atoms with Crippen molar-refractivity contribution in [2.45, 2.75) is 45.6 Å². The molecule has 4 nitrogen and oxygen atoms in total. The molecule has 4 aromatic carbocycles. The maximum atomic E-state index is 13.5. The first kappa shape index (κ1) is 24.5. The van der Waals surface area contributed by atoms with Gasteiger partial charge in [-0.3, -0.25) is 14.5 Å². The lowest BCUT2D eigenvalue weighted by atomic mass is 9.92. The number of amides is 1. The minimum atomic E-state index is -0.730. The van der Waals surface area contributed by atoms with Crippen LogP contribution in [0.3, 0.4) is 0 Å². The van der Waals surface area contributed by atoms with E-state index >= 15 is 0 Å². The molecule has 1 fully saturated rings. The van der Waals surface area contributed by atoms with Crippen LogP contribution < -0.4 is 4.90 Å². The Morgan fingerprint density at radius 3 is 2.19 bits per heavy atom. The molecule has 1 heterocycles. The lowest BCUT2D eigenvalue weighted by molar-refractivity contribution is -0.132. The van der Waals surface area contributed by atoms with E-state index in [-0.39, 0.29) is 11.3 Å². The lowest BCUT2D eigenvalue weighted by Crippen LogP contribution is -2.29. The number of aliphatic hydroxyl groups excluding tert-OH is 1. The van der Waals surface area contributed by atoms with Gasteiger partial charge in [0.15, 0.2) is 0 Å². The van der Waals surface area contributed by atoms with Gasteiger partial charge in [-0.1, -0.05) is 99.1 Å². The van der Waals surface area contributed by atoms with Crippen molar-refractivity contribution < 1.29 is 14.7 Å². The third-order valence-electron chi connectivity index (χ3n) is 7.23. The van der Waals surface area contributed by atoms with Crippen LogP contribution in [-0.2, 0) is 22.4 Å². The molecule has 0 spiro atoms. The highest BCUT2D eigenvalue weighted by Gasteiger charge is 2.47. The Bertz CT molecular complexity index is 1480. The Kier molecular flexibility index (Phi) is 6.91. The van der Waals surface area contributed by atoms with Gasteiger partial charge in [-0.2, -0.15) is 0 Å². The van der Waals surface area contributed by atoms with Gasteiger partial charge in [0.1, 0.15) is 5.76 Å². The van der Waals surface area contributed by atoms with Crippen LogP contribution in [0.4, 0.5) is 5.69 Å². The van der Waals surface area contributed by atoms with Gasteiger partial charge < -0.3 is 5.11 Å². The number of benzene rings is 4. The summed E-state index contributed by atoms with van der Waals surface area (Å²) in [5.74, 6) is -1.46. The quantitative estimate of drug-likeness (QED) is 0.167. The molecule has 0 saturated carbocycles. The fourth-order valence-electron chi connectivity index (χ4n) is 5.13. The van der Waals surface area contributed by atoms with Crippen LogP contribution in [0.25, 0.3) is 16.5 Å². The van der Waals surface area contributed by atoms with Gasteiger partial charge in [0.25, 0.3) is 11.7 Å². The minimum Gasteiger partial charge on any atom is -0.507 e. The zero-order valence-electron chi connectivity index (χ0n) is 21.3. The summed E-state index contributed by atoms with van der Waals surface area (Å²) >= 11 is 0.